The number of Topliss-reactive ketones (excluding diaryl/α,β-unsaturated/α-hetero) is 1. The molecule has 0 aliphatic carbocycles. The van der Waals surface area contributed by atoms with Crippen molar-refractivity contribution < 1.29 is 47.5 Å². The monoisotopic (exact) mass is 653 g/mol. The number of ether oxygens (including phenoxy) is 1. The van der Waals surface area contributed by atoms with Crippen molar-refractivity contribution in [3.8, 4) is 0 Å². The average Bonchev–Trinajstić information content (AvgIpc) is 2.79. The minimum atomic E-state index is -4.09. The summed E-state index contributed by atoms with van der Waals surface area (Å²) in [6.07, 6.45) is 0.239. The van der Waals surface area contributed by atoms with Gasteiger partial charge in [-0.3, -0.25) is 0 Å². The zero-order valence-corrected chi connectivity index (χ0v) is 22.9. The molecule has 182 valence electrons. The Balaban J connectivity index is 2.07. The Bertz CT molecular complexity index is 1010. The van der Waals surface area contributed by atoms with E-state index in [1.54, 1.807) is 12.1 Å². The fraction of sp³-hybridized carbons (Fsp3) is 0.364. The van der Waals surface area contributed by atoms with Crippen molar-refractivity contribution in [2.75, 3.05) is 11.0 Å². The van der Waals surface area contributed by atoms with Gasteiger partial charge in [-0.1, -0.05) is 6.07 Å². The van der Waals surface area contributed by atoms with E-state index in [0.717, 1.165) is 25.4 Å². The van der Waals surface area contributed by atoms with Crippen LogP contribution >= 0.6 is 15.9 Å². The fourth-order valence-corrected chi connectivity index (χ4v) is 6.37. The third kappa shape index (κ3) is 8.96. The van der Waals surface area contributed by atoms with E-state index < -0.39 is 43.8 Å². The first-order valence-electron chi connectivity index (χ1n) is 10.3. The predicted octanol–water partition coefficient (Wildman–Crippen LogP) is 1.06. The molecule has 0 fully saturated rings. The molecule has 0 radical (unpaired) electrons. The molecule has 1 N–H and O–H groups in total. The molecule has 0 heterocycles. The van der Waals surface area contributed by atoms with Crippen LogP contribution in [-0.2, 0) is 29.3 Å². The van der Waals surface area contributed by atoms with Crippen molar-refractivity contribution in [3.63, 3.8) is 0 Å². The molecule has 2 rings (SSSR count). The van der Waals surface area contributed by atoms with Crippen LogP contribution < -0.4 is 26.9 Å². The van der Waals surface area contributed by atoms with E-state index in [4.69, 9.17) is 7.90 Å². The van der Waals surface area contributed by atoms with Gasteiger partial charge in [0.05, 0.1) is 0 Å². The van der Waals surface area contributed by atoms with Crippen LogP contribution in [0.5, 0.6) is 0 Å². The first-order valence-corrected chi connectivity index (χ1v) is 14.9. The molecule has 0 saturated carbocycles. The molecule has 2 aromatic rings. The van der Waals surface area contributed by atoms with Crippen molar-refractivity contribution in [1.82, 2.24) is 9.79 Å². The molecule has 0 bridgehead atoms. The number of alkyl carbamates (subject to hydrolysis) is 1. The van der Waals surface area contributed by atoms with Crippen molar-refractivity contribution in [2.24, 2.45) is 0 Å². The summed E-state index contributed by atoms with van der Waals surface area (Å²) in [7, 11) is -4.09. The summed E-state index contributed by atoms with van der Waals surface area (Å²) in [6.45, 7) is 3.44. The second-order valence-corrected chi connectivity index (χ2v) is 11.8. The van der Waals surface area contributed by atoms with Crippen molar-refractivity contribution in [3.05, 3.63) is 64.6 Å². The maximum atomic E-state index is 13.3. The Labute approximate surface area is 214 Å². The van der Waals surface area contributed by atoms with E-state index in [-0.39, 0.29) is 30.3 Å². The molecule has 8 nitrogen and oxygen atoms in total. The number of rotatable bonds is 13. The number of ketones is 1. The molecule has 0 unspecified atom stereocenters. The van der Waals surface area contributed by atoms with Crippen LogP contribution in [0.15, 0.2) is 64.0 Å². The van der Waals surface area contributed by atoms with Gasteiger partial charge in [0, 0.05) is 0 Å². The number of hydroxylamine groups is 1. The van der Waals surface area contributed by atoms with E-state index in [2.05, 4.69) is 21.2 Å². The van der Waals surface area contributed by atoms with E-state index in [9.17, 15) is 18.0 Å². The number of carbonyl (C=O) groups excluding carboxylic acids is 2. The average molecular weight is 654 g/mol. The van der Waals surface area contributed by atoms with E-state index >= 15 is 0 Å². The van der Waals surface area contributed by atoms with Crippen LogP contribution in [-0.4, -0.2) is 41.8 Å². The van der Waals surface area contributed by atoms with Crippen LogP contribution in [0.1, 0.15) is 32.3 Å². The Morgan fingerprint density at radius 2 is 1.79 bits per heavy atom. The second-order valence-electron chi connectivity index (χ2n) is 6.99. The third-order valence-electron chi connectivity index (χ3n) is 4.35. The first-order chi connectivity index (χ1) is 15.8. The Morgan fingerprint density at radius 1 is 1.12 bits per heavy atom. The van der Waals surface area contributed by atoms with Gasteiger partial charge in [-0.05, 0) is 0 Å². The van der Waals surface area contributed by atoms with Gasteiger partial charge in [-0.15, -0.1) is 0 Å². The number of hydrogen-bond donors (Lipinski definition) is 1. The zero-order chi connectivity index (χ0) is 24.3. The molecule has 1 atom stereocenters. The molecule has 2 aromatic carbocycles. The Hall–Kier alpha value is -1.54. The van der Waals surface area contributed by atoms with Crippen LogP contribution in [0.2, 0.25) is 0 Å². The summed E-state index contributed by atoms with van der Waals surface area (Å²) in [5.74, 6) is -0.379. The normalized spacial score (nSPS) is 12.5. The summed E-state index contributed by atoms with van der Waals surface area (Å²) in [4.78, 5) is 24.5. The Kier molecular flexibility index (Phi) is 11.7. The van der Waals surface area contributed by atoms with E-state index in [1.807, 2.05) is 37.3 Å². The molecule has 33 heavy (non-hydrogen) atoms. The van der Waals surface area contributed by atoms with Crippen LogP contribution in [0.25, 0.3) is 0 Å². The quantitative estimate of drug-likeness (QED) is 0.150. The van der Waals surface area contributed by atoms with Crippen molar-refractivity contribution in [2.45, 2.75) is 44.2 Å². The molecular weight excluding hydrogens is 627 g/mol. The number of halogens is 2. The first kappa shape index (κ1) is 27.7. The van der Waals surface area contributed by atoms with Gasteiger partial charge in [0.1, 0.15) is 0 Å². The summed E-state index contributed by atoms with van der Waals surface area (Å²) in [5.41, 5.74) is 0.842. The number of amides is 1. The van der Waals surface area contributed by atoms with Crippen molar-refractivity contribution >= 4 is 37.8 Å². The maximum absolute atomic E-state index is 13.3. The van der Waals surface area contributed by atoms with Crippen LogP contribution in [0.3, 0.4) is 0 Å². The molecule has 0 aliphatic rings. The topological polar surface area (TPSA) is 102 Å². The number of benzene rings is 2. The standard InChI is InChI=1S/C22H27BrIN2O6S/c1-3-14-24-32-26(33(29,30)20-11-9-19(23)10-12-20)21(17(2)27)13-15-25-22(28)31-16-18-7-5-4-6-8-18/h4-12,21H,3,13-16H2,1-2H3,(H,25,28)/q-1/t21-/m1/s1. The summed E-state index contributed by atoms with van der Waals surface area (Å²) in [6, 6.07) is 14.3. The van der Waals surface area contributed by atoms with E-state index in [1.165, 1.54) is 19.1 Å². The van der Waals surface area contributed by atoms with Crippen LogP contribution in [0.4, 0.5) is 4.79 Å². The SMILES string of the molecule is CCC[I-]ON([C@H](CCNC(=O)OCc1ccccc1)C(C)=O)S(=O)(=O)c1ccc(Br)cc1. The number of hydrogen-bond acceptors (Lipinski definition) is 6. The summed E-state index contributed by atoms with van der Waals surface area (Å²) in [5, 5.41) is 2.57. The summed E-state index contributed by atoms with van der Waals surface area (Å²) < 4.78 is 39.7. The van der Waals surface area contributed by atoms with Gasteiger partial charge in [0.2, 0.25) is 0 Å². The van der Waals surface area contributed by atoms with Crippen LogP contribution in [0, 0.1) is 0 Å². The number of nitrogens with zero attached hydrogens (tertiary/aromatic N) is 1. The van der Waals surface area contributed by atoms with Gasteiger partial charge in [0.15, 0.2) is 0 Å². The summed E-state index contributed by atoms with van der Waals surface area (Å²) >= 11 is 2.36. The molecule has 0 spiro atoms. The van der Waals surface area contributed by atoms with Gasteiger partial charge in [0.25, 0.3) is 0 Å². The van der Waals surface area contributed by atoms with Crippen molar-refractivity contribution in [1.29, 1.82) is 0 Å². The number of nitrogens with one attached hydrogen (secondary N) is 1. The molecular formula is C22H27BrIN2O6S-. The second kappa shape index (κ2) is 14.0. The Morgan fingerprint density at radius 3 is 2.39 bits per heavy atom. The third-order valence-corrected chi connectivity index (χ3v) is 9.04. The molecule has 0 saturated heterocycles. The molecule has 0 aromatic heterocycles. The number of alkyl halides is 1. The molecule has 11 heteroatoms. The van der Waals surface area contributed by atoms with Gasteiger partial charge < -0.3 is 0 Å². The minimum absolute atomic E-state index is 0.0210. The van der Waals surface area contributed by atoms with Gasteiger partial charge >= 0.3 is 209 Å². The predicted molar refractivity (Wildman–Crippen MR) is 123 cm³/mol. The van der Waals surface area contributed by atoms with Gasteiger partial charge in [-0.2, -0.15) is 0 Å². The zero-order valence-electron chi connectivity index (χ0n) is 18.4. The fourth-order valence-electron chi connectivity index (χ4n) is 2.67. The van der Waals surface area contributed by atoms with Gasteiger partial charge in [-0.25, -0.2) is 0 Å². The molecule has 1 amide bonds. The number of sulfonamides is 1. The number of carbonyl (C=O) groups is 2. The van der Waals surface area contributed by atoms with E-state index in [0.29, 0.717) is 0 Å². The molecule has 0 aliphatic heterocycles.